The summed E-state index contributed by atoms with van der Waals surface area (Å²) in [5, 5.41) is 0.293. The molecule has 4 rings (SSSR count). The van der Waals surface area contributed by atoms with Crippen molar-refractivity contribution in [3.8, 4) is 11.5 Å². The lowest BCUT2D eigenvalue weighted by Gasteiger charge is -2.26. The first kappa shape index (κ1) is 19.8. The molecule has 2 aliphatic heterocycles. The Labute approximate surface area is 173 Å². The van der Waals surface area contributed by atoms with Crippen molar-refractivity contribution in [1.82, 2.24) is 0 Å². The van der Waals surface area contributed by atoms with Crippen LogP contribution < -0.4 is 14.4 Å². The van der Waals surface area contributed by atoms with Gasteiger partial charge < -0.3 is 14.4 Å². The Morgan fingerprint density at radius 2 is 1.86 bits per heavy atom. The van der Waals surface area contributed by atoms with Gasteiger partial charge in [0.05, 0.1) is 37.5 Å². The first-order valence-electron chi connectivity index (χ1n) is 8.98. The van der Waals surface area contributed by atoms with E-state index in [2.05, 4.69) is 4.99 Å². The molecule has 0 bridgehead atoms. The molecule has 2 heterocycles. The minimum Gasteiger partial charge on any atom is -0.497 e. The second kappa shape index (κ2) is 7.72. The number of benzene rings is 2. The number of methoxy groups -OCH3 is 2. The molecule has 2 saturated heterocycles. The number of ether oxygens (including phenoxy) is 2. The first-order chi connectivity index (χ1) is 13.9. The molecule has 0 unspecified atom stereocenters. The Bertz CT molecular complexity index is 1070. The molecule has 2 atom stereocenters. The third kappa shape index (κ3) is 3.84. The molecule has 0 aromatic heterocycles. The summed E-state index contributed by atoms with van der Waals surface area (Å²) in [5.41, 5.74) is 1.14. The van der Waals surface area contributed by atoms with Gasteiger partial charge in [-0.3, -0.25) is 4.79 Å². The molecule has 0 spiro atoms. The van der Waals surface area contributed by atoms with E-state index >= 15 is 0 Å². The van der Waals surface area contributed by atoms with Crippen molar-refractivity contribution < 1.29 is 22.7 Å². The van der Waals surface area contributed by atoms with Gasteiger partial charge in [0, 0.05) is 16.9 Å². The maximum absolute atomic E-state index is 12.7. The van der Waals surface area contributed by atoms with Crippen LogP contribution in [0.5, 0.6) is 11.5 Å². The lowest BCUT2D eigenvalue weighted by atomic mass is 10.2. The van der Waals surface area contributed by atoms with Gasteiger partial charge in [-0.2, -0.15) is 4.99 Å². The van der Waals surface area contributed by atoms with Crippen molar-refractivity contribution in [2.75, 3.05) is 30.6 Å². The van der Waals surface area contributed by atoms with E-state index in [1.807, 2.05) is 11.0 Å². The van der Waals surface area contributed by atoms with E-state index in [1.54, 1.807) is 49.6 Å². The SMILES string of the molecule is COc1ccc(N2C(=NC(=O)c3ccccc3)S[C@@H]3CS(=O)(=O)C[C@@H]32)c(OC)c1. The van der Waals surface area contributed by atoms with Gasteiger partial charge in [-0.15, -0.1) is 0 Å². The molecule has 29 heavy (non-hydrogen) atoms. The highest BCUT2D eigenvalue weighted by molar-refractivity contribution is 8.16. The third-order valence-corrected chi connectivity index (χ3v) is 8.14. The highest BCUT2D eigenvalue weighted by atomic mass is 32.2. The van der Waals surface area contributed by atoms with Crippen LogP contribution in [0.3, 0.4) is 0 Å². The number of hydrogen-bond acceptors (Lipinski definition) is 6. The number of rotatable bonds is 4. The quantitative estimate of drug-likeness (QED) is 0.734. The smallest absolute Gasteiger partial charge is 0.279 e. The number of fused-ring (bicyclic) bond motifs is 1. The zero-order valence-corrected chi connectivity index (χ0v) is 17.6. The maximum atomic E-state index is 12.7. The number of anilines is 1. The van der Waals surface area contributed by atoms with Gasteiger partial charge in [0.1, 0.15) is 11.5 Å². The van der Waals surface area contributed by atoms with Gasteiger partial charge in [-0.05, 0) is 24.3 Å². The zero-order chi connectivity index (χ0) is 20.6. The second-order valence-electron chi connectivity index (χ2n) is 6.77. The fourth-order valence-corrected chi connectivity index (χ4v) is 7.47. The zero-order valence-electron chi connectivity index (χ0n) is 15.9. The van der Waals surface area contributed by atoms with E-state index in [0.29, 0.717) is 27.9 Å². The average molecular weight is 433 g/mol. The van der Waals surface area contributed by atoms with Gasteiger partial charge >= 0.3 is 0 Å². The first-order valence-corrected chi connectivity index (χ1v) is 11.7. The van der Waals surface area contributed by atoms with Crippen LogP contribution >= 0.6 is 11.8 Å². The van der Waals surface area contributed by atoms with Crippen LogP contribution in [0, 0.1) is 0 Å². The molecule has 152 valence electrons. The Hall–Kier alpha value is -2.52. The number of carbonyl (C=O) groups excluding carboxylic acids is 1. The highest BCUT2D eigenvalue weighted by Crippen LogP contribution is 2.44. The van der Waals surface area contributed by atoms with Crippen LogP contribution in [0.4, 0.5) is 5.69 Å². The molecule has 2 aliphatic rings. The van der Waals surface area contributed by atoms with Gasteiger partial charge in [0.25, 0.3) is 5.91 Å². The average Bonchev–Trinajstić information content (AvgIpc) is 3.18. The minimum absolute atomic E-state index is 0.0123. The van der Waals surface area contributed by atoms with E-state index in [9.17, 15) is 13.2 Å². The van der Waals surface area contributed by atoms with E-state index in [-0.39, 0.29) is 28.7 Å². The number of amidine groups is 1. The minimum atomic E-state index is -3.15. The van der Waals surface area contributed by atoms with Crippen LogP contribution in [0.25, 0.3) is 0 Å². The molecule has 0 radical (unpaired) electrons. The summed E-state index contributed by atoms with van der Waals surface area (Å²) in [7, 11) is -0.0522. The Morgan fingerprint density at radius 1 is 1.10 bits per heavy atom. The number of sulfone groups is 1. The standard InChI is InChI=1S/C20H20N2O5S2/c1-26-14-8-9-15(17(10-14)27-2)22-16-11-29(24,25)12-18(16)28-20(22)21-19(23)13-6-4-3-5-7-13/h3-10,16,18H,11-12H2,1-2H3/t16-,18+/m0/s1. The number of thioether (sulfide) groups is 1. The third-order valence-electron chi connectivity index (χ3n) is 4.93. The summed E-state index contributed by atoms with van der Waals surface area (Å²) in [6, 6.07) is 13.8. The van der Waals surface area contributed by atoms with Gasteiger partial charge in [-0.25, -0.2) is 8.42 Å². The summed E-state index contributed by atoms with van der Waals surface area (Å²) in [6.07, 6.45) is 0. The van der Waals surface area contributed by atoms with Crippen LogP contribution in [0.1, 0.15) is 10.4 Å². The van der Waals surface area contributed by atoms with E-state index < -0.39 is 9.84 Å². The number of hydrogen-bond donors (Lipinski definition) is 0. The molecule has 9 heteroatoms. The van der Waals surface area contributed by atoms with Crippen molar-refractivity contribution in [3.05, 3.63) is 54.1 Å². The maximum Gasteiger partial charge on any atom is 0.279 e. The normalized spacial score (nSPS) is 23.8. The predicted octanol–water partition coefficient (Wildman–Crippen LogP) is 2.62. The van der Waals surface area contributed by atoms with Crippen LogP contribution in [-0.4, -0.2) is 56.5 Å². The van der Waals surface area contributed by atoms with Crippen molar-refractivity contribution >= 4 is 38.4 Å². The highest BCUT2D eigenvalue weighted by Gasteiger charge is 2.50. The van der Waals surface area contributed by atoms with Gasteiger partial charge in [0.2, 0.25) is 0 Å². The molecular weight excluding hydrogens is 412 g/mol. The Morgan fingerprint density at radius 3 is 2.55 bits per heavy atom. The lowest BCUT2D eigenvalue weighted by molar-refractivity contribution is 0.100. The summed E-state index contributed by atoms with van der Waals surface area (Å²) >= 11 is 1.33. The largest absolute Gasteiger partial charge is 0.497 e. The van der Waals surface area contributed by atoms with Crippen LogP contribution in [-0.2, 0) is 9.84 Å². The molecule has 0 N–H and O–H groups in total. The number of amides is 1. The molecule has 0 saturated carbocycles. The second-order valence-corrected chi connectivity index (χ2v) is 10.1. The lowest BCUT2D eigenvalue weighted by Crippen LogP contribution is -2.38. The van der Waals surface area contributed by atoms with Crippen LogP contribution in [0.15, 0.2) is 53.5 Å². The topological polar surface area (TPSA) is 85.3 Å². The summed E-state index contributed by atoms with van der Waals surface area (Å²) < 4.78 is 35.2. The van der Waals surface area contributed by atoms with Crippen molar-refractivity contribution in [1.29, 1.82) is 0 Å². The van der Waals surface area contributed by atoms with Gasteiger partial charge in [0.15, 0.2) is 15.0 Å². The molecule has 2 fully saturated rings. The summed E-state index contributed by atoms with van der Waals surface area (Å²) in [6.45, 7) is 0. The number of carbonyl (C=O) groups is 1. The number of nitrogens with zero attached hydrogens (tertiary/aromatic N) is 2. The molecule has 7 nitrogen and oxygen atoms in total. The fraction of sp³-hybridized carbons (Fsp3) is 0.300. The van der Waals surface area contributed by atoms with E-state index in [0.717, 1.165) is 0 Å². The van der Waals surface area contributed by atoms with E-state index in [4.69, 9.17) is 9.47 Å². The Kier molecular flexibility index (Phi) is 5.26. The molecule has 0 aliphatic carbocycles. The van der Waals surface area contributed by atoms with Crippen LogP contribution in [0.2, 0.25) is 0 Å². The Balaban J connectivity index is 1.78. The van der Waals surface area contributed by atoms with Crippen molar-refractivity contribution in [3.63, 3.8) is 0 Å². The van der Waals surface area contributed by atoms with E-state index in [1.165, 1.54) is 18.9 Å². The van der Waals surface area contributed by atoms with Crippen molar-refractivity contribution in [2.45, 2.75) is 11.3 Å². The summed E-state index contributed by atoms with van der Waals surface area (Å²) in [4.78, 5) is 18.8. The van der Waals surface area contributed by atoms with Crippen molar-refractivity contribution in [2.24, 2.45) is 4.99 Å². The molecule has 1 amide bonds. The van der Waals surface area contributed by atoms with Gasteiger partial charge in [-0.1, -0.05) is 30.0 Å². The predicted molar refractivity (Wildman–Crippen MR) is 114 cm³/mol. The molecule has 2 aromatic rings. The molecule has 2 aromatic carbocycles. The monoisotopic (exact) mass is 432 g/mol. The number of aliphatic imine (C=N–C) groups is 1. The fourth-order valence-electron chi connectivity index (χ4n) is 3.56. The molecular formula is C20H20N2O5S2. The summed E-state index contributed by atoms with van der Waals surface area (Å²) in [5.74, 6) is 0.851.